The Bertz CT molecular complexity index is 528. The maximum Gasteiger partial charge on any atom is 0.255 e. The van der Waals surface area contributed by atoms with Crippen LogP contribution in [0.3, 0.4) is 0 Å². The van der Waals surface area contributed by atoms with Crippen LogP contribution < -0.4 is 5.73 Å². The molecule has 0 bridgehead atoms. The summed E-state index contributed by atoms with van der Waals surface area (Å²) in [5.74, 6) is 0.0312. The molecule has 1 aromatic rings. The molecular formula is C16H22ClN3O. The number of hydrogen-bond acceptors (Lipinski definition) is 3. The minimum absolute atomic E-state index is 0.0312. The fraction of sp³-hybridized carbons (Fsp3) is 0.562. The molecule has 2 fully saturated rings. The number of halogens is 1. The van der Waals surface area contributed by atoms with Gasteiger partial charge in [-0.05, 0) is 50.6 Å². The van der Waals surface area contributed by atoms with E-state index < -0.39 is 0 Å². The van der Waals surface area contributed by atoms with E-state index in [4.69, 9.17) is 17.3 Å². The molecule has 0 aromatic heterocycles. The van der Waals surface area contributed by atoms with E-state index in [0.717, 1.165) is 19.5 Å². The first-order valence-electron chi connectivity index (χ1n) is 7.73. The number of nitrogens with zero attached hydrogens (tertiary/aromatic N) is 2. The Morgan fingerprint density at radius 1 is 1.19 bits per heavy atom. The first kappa shape index (κ1) is 14.7. The monoisotopic (exact) mass is 307 g/mol. The zero-order valence-corrected chi connectivity index (χ0v) is 13.0. The number of nitrogens with two attached hydrogens (primary N) is 1. The number of hydrogen-bond donors (Lipinski definition) is 1. The summed E-state index contributed by atoms with van der Waals surface area (Å²) in [6.45, 7) is 3.99. The lowest BCUT2D eigenvalue weighted by molar-refractivity contribution is 0.0772. The Morgan fingerprint density at radius 2 is 1.95 bits per heavy atom. The molecule has 0 aliphatic carbocycles. The normalized spacial score (nSPS) is 23.5. The van der Waals surface area contributed by atoms with Crippen molar-refractivity contribution < 1.29 is 4.79 Å². The minimum Gasteiger partial charge on any atom is -0.398 e. The lowest BCUT2D eigenvalue weighted by Gasteiger charge is -2.32. The maximum atomic E-state index is 12.6. The van der Waals surface area contributed by atoms with Crippen molar-refractivity contribution >= 4 is 23.2 Å². The van der Waals surface area contributed by atoms with Crippen LogP contribution in [0.1, 0.15) is 36.0 Å². The lowest BCUT2D eigenvalue weighted by atomic mass is 10.1. The Balaban J connectivity index is 1.66. The van der Waals surface area contributed by atoms with Crippen molar-refractivity contribution in [2.24, 2.45) is 0 Å². The molecular weight excluding hydrogens is 286 g/mol. The van der Waals surface area contributed by atoms with Gasteiger partial charge in [0.25, 0.3) is 5.91 Å². The molecule has 2 aliphatic rings. The molecule has 2 N–H and O–H groups in total. The van der Waals surface area contributed by atoms with E-state index in [1.807, 2.05) is 4.90 Å². The minimum atomic E-state index is 0.0312. The summed E-state index contributed by atoms with van der Waals surface area (Å²) < 4.78 is 0. The van der Waals surface area contributed by atoms with E-state index >= 15 is 0 Å². The molecule has 1 amide bonds. The van der Waals surface area contributed by atoms with Crippen molar-refractivity contribution in [3.05, 3.63) is 28.8 Å². The highest BCUT2D eigenvalue weighted by molar-refractivity contribution is 6.31. The second-order valence-corrected chi connectivity index (χ2v) is 6.46. The van der Waals surface area contributed by atoms with Gasteiger partial charge in [-0.15, -0.1) is 0 Å². The number of benzene rings is 1. The molecule has 2 saturated heterocycles. The lowest BCUT2D eigenvalue weighted by Crippen LogP contribution is -2.41. The quantitative estimate of drug-likeness (QED) is 0.855. The van der Waals surface area contributed by atoms with Crippen LogP contribution in [0.5, 0.6) is 0 Å². The third-order valence-electron chi connectivity index (χ3n) is 4.60. The number of carbonyl (C=O) groups excluding carboxylic acids is 1. The summed E-state index contributed by atoms with van der Waals surface area (Å²) in [7, 11) is 0. The number of amides is 1. The molecule has 0 spiro atoms. The van der Waals surface area contributed by atoms with Crippen LogP contribution in [0.15, 0.2) is 18.2 Å². The molecule has 3 rings (SSSR count). The molecule has 21 heavy (non-hydrogen) atoms. The molecule has 1 atom stereocenters. The third-order valence-corrected chi connectivity index (χ3v) is 4.84. The highest BCUT2D eigenvalue weighted by atomic mass is 35.5. The average molecular weight is 308 g/mol. The van der Waals surface area contributed by atoms with E-state index in [-0.39, 0.29) is 5.91 Å². The average Bonchev–Trinajstić information content (AvgIpc) is 2.97. The van der Waals surface area contributed by atoms with Gasteiger partial charge in [-0.2, -0.15) is 0 Å². The van der Waals surface area contributed by atoms with Gasteiger partial charge in [0, 0.05) is 29.8 Å². The van der Waals surface area contributed by atoms with Gasteiger partial charge < -0.3 is 10.6 Å². The molecule has 1 unspecified atom stereocenters. The van der Waals surface area contributed by atoms with Crippen LogP contribution >= 0.6 is 11.6 Å². The van der Waals surface area contributed by atoms with Crippen LogP contribution in [-0.4, -0.2) is 47.9 Å². The fourth-order valence-corrected chi connectivity index (χ4v) is 3.59. The molecule has 1 aromatic carbocycles. The third kappa shape index (κ3) is 3.16. The Morgan fingerprint density at radius 3 is 2.67 bits per heavy atom. The van der Waals surface area contributed by atoms with E-state index in [9.17, 15) is 4.79 Å². The predicted octanol–water partition coefficient (Wildman–Crippen LogP) is 2.62. The Labute approximate surface area is 130 Å². The zero-order valence-electron chi connectivity index (χ0n) is 12.2. The summed E-state index contributed by atoms with van der Waals surface area (Å²) in [6.07, 6.45) is 4.98. The van der Waals surface area contributed by atoms with Crippen LogP contribution in [0.4, 0.5) is 5.69 Å². The summed E-state index contributed by atoms with van der Waals surface area (Å²) >= 11 is 5.89. The van der Waals surface area contributed by atoms with Crippen molar-refractivity contribution in [2.45, 2.75) is 31.7 Å². The predicted molar refractivity (Wildman–Crippen MR) is 85.6 cm³/mol. The van der Waals surface area contributed by atoms with E-state index in [1.54, 1.807) is 18.2 Å². The second-order valence-electron chi connectivity index (χ2n) is 6.02. The van der Waals surface area contributed by atoms with Gasteiger partial charge in [-0.25, -0.2) is 0 Å². The summed E-state index contributed by atoms with van der Waals surface area (Å²) in [5.41, 5.74) is 6.96. The van der Waals surface area contributed by atoms with Gasteiger partial charge in [0.2, 0.25) is 0 Å². The number of anilines is 1. The smallest absolute Gasteiger partial charge is 0.255 e. The highest BCUT2D eigenvalue weighted by Gasteiger charge is 2.31. The van der Waals surface area contributed by atoms with E-state index in [2.05, 4.69) is 4.90 Å². The van der Waals surface area contributed by atoms with Crippen LogP contribution in [-0.2, 0) is 0 Å². The standard InChI is InChI=1S/C16H22ClN3O/c17-12-4-5-14(15(18)10-12)16(21)20-9-6-13(11-20)19-7-2-1-3-8-19/h4-5,10,13H,1-3,6-9,11,18H2. The number of carbonyl (C=O) groups is 1. The fourth-order valence-electron chi connectivity index (χ4n) is 3.41. The van der Waals surface area contributed by atoms with Crippen LogP contribution in [0, 0.1) is 0 Å². The molecule has 0 radical (unpaired) electrons. The zero-order chi connectivity index (χ0) is 14.8. The first-order valence-corrected chi connectivity index (χ1v) is 8.11. The molecule has 5 heteroatoms. The summed E-state index contributed by atoms with van der Waals surface area (Å²) in [5, 5.41) is 0.566. The number of nitrogen functional groups attached to an aromatic ring is 1. The largest absolute Gasteiger partial charge is 0.398 e. The van der Waals surface area contributed by atoms with Crippen molar-refractivity contribution in [1.29, 1.82) is 0 Å². The van der Waals surface area contributed by atoms with E-state index in [0.29, 0.717) is 22.3 Å². The SMILES string of the molecule is Nc1cc(Cl)ccc1C(=O)N1CCC(N2CCCCC2)C1. The van der Waals surface area contributed by atoms with Gasteiger partial charge >= 0.3 is 0 Å². The number of piperidine rings is 1. The first-order chi connectivity index (χ1) is 10.1. The number of rotatable bonds is 2. The second kappa shape index (κ2) is 6.24. The van der Waals surface area contributed by atoms with Crippen molar-refractivity contribution in [1.82, 2.24) is 9.80 Å². The van der Waals surface area contributed by atoms with Crippen molar-refractivity contribution in [3.8, 4) is 0 Å². The molecule has 2 heterocycles. The summed E-state index contributed by atoms with van der Waals surface area (Å²) in [6, 6.07) is 5.62. The highest BCUT2D eigenvalue weighted by Crippen LogP contribution is 2.24. The maximum absolute atomic E-state index is 12.6. The summed E-state index contributed by atoms with van der Waals surface area (Å²) in [4.78, 5) is 17.1. The van der Waals surface area contributed by atoms with Crippen LogP contribution in [0.25, 0.3) is 0 Å². The molecule has 0 saturated carbocycles. The number of likely N-dealkylation sites (tertiary alicyclic amines) is 2. The van der Waals surface area contributed by atoms with Gasteiger partial charge in [0.05, 0.1) is 5.56 Å². The van der Waals surface area contributed by atoms with Crippen molar-refractivity contribution in [2.75, 3.05) is 31.9 Å². The van der Waals surface area contributed by atoms with Gasteiger partial charge in [-0.3, -0.25) is 9.69 Å². The Hall–Kier alpha value is -1.26. The molecule has 2 aliphatic heterocycles. The Kier molecular flexibility index (Phi) is 4.36. The molecule has 114 valence electrons. The van der Waals surface area contributed by atoms with E-state index in [1.165, 1.54) is 32.4 Å². The van der Waals surface area contributed by atoms with Gasteiger partial charge in [0.15, 0.2) is 0 Å². The topological polar surface area (TPSA) is 49.6 Å². The molecule has 4 nitrogen and oxygen atoms in total. The van der Waals surface area contributed by atoms with Crippen molar-refractivity contribution in [3.63, 3.8) is 0 Å². The van der Waals surface area contributed by atoms with Gasteiger partial charge in [-0.1, -0.05) is 18.0 Å². The van der Waals surface area contributed by atoms with Crippen LogP contribution in [0.2, 0.25) is 5.02 Å². The van der Waals surface area contributed by atoms with Gasteiger partial charge in [0.1, 0.15) is 0 Å².